The molecular formula is C14H21ClN2O3S. The van der Waals surface area contributed by atoms with E-state index in [1.54, 1.807) is 0 Å². The fourth-order valence-corrected chi connectivity index (χ4v) is 4.54. The monoisotopic (exact) mass is 332 g/mol. The number of sulfonamides is 1. The van der Waals surface area contributed by atoms with Gasteiger partial charge in [0.05, 0.1) is 11.5 Å². The third kappa shape index (κ3) is 3.24. The van der Waals surface area contributed by atoms with Gasteiger partial charge in [0.15, 0.2) is 0 Å². The van der Waals surface area contributed by atoms with E-state index in [1.165, 1.54) is 22.5 Å². The highest BCUT2D eigenvalue weighted by Crippen LogP contribution is 2.28. The summed E-state index contributed by atoms with van der Waals surface area (Å²) >= 11 is 5.92. The largest absolute Gasteiger partial charge is 0.392 e. The van der Waals surface area contributed by atoms with E-state index in [2.05, 4.69) is 11.8 Å². The van der Waals surface area contributed by atoms with Crippen molar-refractivity contribution in [1.29, 1.82) is 0 Å². The first-order valence-corrected chi connectivity index (χ1v) is 8.65. The van der Waals surface area contributed by atoms with Gasteiger partial charge >= 0.3 is 0 Å². The summed E-state index contributed by atoms with van der Waals surface area (Å²) in [6.07, 6.45) is 0. The van der Waals surface area contributed by atoms with E-state index >= 15 is 0 Å². The molecule has 1 N–H and O–H groups in total. The molecule has 1 aromatic rings. The van der Waals surface area contributed by atoms with Crippen LogP contribution in [0.5, 0.6) is 0 Å². The van der Waals surface area contributed by atoms with Gasteiger partial charge in [-0.25, -0.2) is 8.42 Å². The van der Waals surface area contributed by atoms with Gasteiger partial charge in [0.2, 0.25) is 10.0 Å². The molecule has 1 fully saturated rings. The second-order valence-electron chi connectivity index (χ2n) is 5.74. The zero-order chi connectivity index (χ0) is 15.8. The van der Waals surface area contributed by atoms with E-state index in [1.807, 2.05) is 14.1 Å². The predicted octanol–water partition coefficient (Wildman–Crippen LogP) is 1.40. The normalized spacial score (nSPS) is 23.9. The number of aliphatic hydroxyl groups is 1. The summed E-state index contributed by atoms with van der Waals surface area (Å²) < 4.78 is 26.9. The van der Waals surface area contributed by atoms with E-state index < -0.39 is 10.0 Å². The Morgan fingerprint density at radius 3 is 2.57 bits per heavy atom. The molecule has 0 amide bonds. The highest BCUT2D eigenvalue weighted by atomic mass is 35.5. The second-order valence-corrected chi connectivity index (χ2v) is 8.09. The number of likely N-dealkylation sites (N-methyl/N-ethyl adjacent to an activating group) is 1. The molecule has 7 heteroatoms. The Morgan fingerprint density at radius 1 is 1.38 bits per heavy atom. The Hall–Kier alpha value is -0.660. The van der Waals surface area contributed by atoms with Crippen LogP contribution in [0.25, 0.3) is 0 Å². The lowest BCUT2D eigenvalue weighted by molar-refractivity contribution is 0.263. The van der Waals surface area contributed by atoms with Crippen LogP contribution in [0.4, 0.5) is 0 Å². The van der Waals surface area contributed by atoms with Crippen molar-refractivity contribution in [3.05, 3.63) is 28.8 Å². The molecule has 5 nitrogen and oxygen atoms in total. The molecule has 0 radical (unpaired) electrons. The SMILES string of the molecule is CC1CN(S(=O)(=O)c2ccc(Cl)c(CO)c2)CC1N(C)C. The third-order valence-electron chi connectivity index (χ3n) is 4.03. The molecule has 118 valence electrons. The van der Waals surface area contributed by atoms with E-state index in [-0.39, 0.29) is 23.5 Å². The van der Waals surface area contributed by atoms with Crippen LogP contribution in [-0.4, -0.2) is 56.0 Å². The standard InChI is InChI=1S/C14H21ClN2O3S/c1-10-7-17(8-14(10)16(2)3)21(19,20)12-4-5-13(15)11(6-12)9-18/h4-6,10,14,18H,7-9H2,1-3H3. The van der Waals surface area contributed by atoms with Crippen molar-refractivity contribution in [3.8, 4) is 0 Å². The van der Waals surface area contributed by atoms with Crippen LogP contribution in [0.3, 0.4) is 0 Å². The van der Waals surface area contributed by atoms with Gasteiger partial charge in [-0.05, 0) is 43.8 Å². The van der Waals surface area contributed by atoms with Gasteiger partial charge in [-0.2, -0.15) is 4.31 Å². The lowest BCUT2D eigenvalue weighted by Crippen LogP contribution is -2.35. The van der Waals surface area contributed by atoms with Crippen molar-refractivity contribution in [1.82, 2.24) is 9.21 Å². The minimum atomic E-state index is -3.55. The van der Waals surface area contributed by atoms with E-state index in [0.29, 0.717) is 23.7 Å². The Bertz CT molecular complexity index is 619. The maximum absolute atomic E-state index is 12.7. The fraction of sp³-hybridized carbons (Fsp3) is 0.571. The van der Waals surface area contributed by atoms with Gasteiger partial charge in [-0.3, -0.25) is 0 Å². The number of nitrogens with zero attached hydrogens (tertiary/aromatic N) is 2. The van der Waals surface area contributed by atoms with E-state index in [9.17, 15) is 13.5 Å². The Balaban J connectivity index is 2.31. The number of aliphatic hydroxyl groups excluding tert-OH is 1. The molecule has 1 aromatic carbocycles. The van der Waals surface area contributed by atoms with Gasteiger partial charge in [-0.1, -0.05) is 18.5 Å². The molecule has 21 heavy (non-hydrogen) atoms. The first kappa shape index (κ1) is 16.7. The van der Waals surface area contributed by atoms with Crippen LogP contribution < -0.4 is 0 Å². The van der Waals surface area contributed by atoms with Crippen LogP contribution in [0.15, 0.2) is 23.1 Å². The molecule has 1 aliphatic heterocycles. The van der Waals surface area contributed by atoms with Crippen LogP contribution in [-0.2, 0) is 16.6 Å². The Labute approximate surface area is 131 Å². The Kier molecular flexibility index (Phi) is 4.95. The van der Waals surface area contributed by atoms with Crippen molar-refractivity contribution in [3.63, 3.8) is 0 Å². The molecule has 0 aliphatic carbocycles. The number of hydrogen-bond donors (Lipinski definition) is 1. The van der Waals surface area contributed by atoms with Crippen LogP contribution in [0, 0.1) is 5.92 Å². The first-order chi connectivity index (χ1) is 9.77. The minimum Gasteiger partial charge on any atom is -0.392 e. The van der Waals surface area contributed by atoms with Crippen LogP contribution in [0.1, 0.15) is 12.5 Å². The van der Waals surface area contributed by atoms with Crippen molar-refractivity contribution >= 4 is 21.6 Å². The quantitative estimate of drug-likeness (QED) is 0.905. The lowest BCUT2D eigenvalue weighted by atomic mass is 10.1. The molecule has 1 aliphatic rings. The molecule has 0 bridgehead atoms. The maximum Gasteiger partial charge on any atom is 0.243 e. The Morgan fingerprint density at radius 2 is 2.05 bits per heavy atom. The molecule has 2 rings (SSSR count). The average Bonchev–Trinajstić information content (AvgIpc) is 2.82. The predicted molar refractivity (Wildman–Crippen MR) is 82.8 cm³/mol. The van der Waals surface area contributed by atoms with Crippen molar-refractivity contribution in [2.75, 3.05) is 27.2 Å². The zero-order valence-electron chi connectivity index (χ0n) is 12.5. The second kappa shape index (κ2) is 6.22. The van der Waals surface area contributed by atoms with Crippen LogP contribution in [0.2, 0.25) is 5.02 Å². The fourth-order valence-electron chi connectivity index (χ4n) is 2.76. The number of hydrogen-bond acceptors (Lipinski definition) is 4. The molecule has 1 heterocycles. The highest BCUT2D eigenvalue weighted by molar-refractivity contribution is 7.89. The van der Waals surface area contributed by atoms with Crippen molar-refractivity contribution in [2.24, 2.45) is 5.92 Å². The topological polar surface area (TPSA) is 60.9 Å². The van der Waals surface area contributed by atoms with Crippen molar-refractivity contribution < 1.29 is 13.5 Å². The van der Waals surface area contributed by atoms with Gasteiger partial charge in [0.25, 0.3) is 0 Å². The summed E-state index contributed by atoms with van der Waals surface area (Å²) in [6.45, 7) is 2.76. The summed E-state index contributed by atoms with van der Waals surface area (Å²) in [5.41, 5.74) is 0.425. The van der Waals surface area contributed by atoms with E-state index in [0.717, 1.165) is 0 Å². The molecule has 0 aromatic heterocycles. The molecule has 0 spiro atoms. The number of benzene rings is 1. The summed E-state index contributed by atoms with van der Waals surface area (Å²) in [6, 6.07) is 4.67. The minimum absolute atomic E-state index is 0.183. The molecule has 2 atom stereocenters. The van der Waals surface area contributed by atoms with Crippen molar-refractivity contribution in [2.45, 2.75) is 24.5 Å². The number of rotatable bonds is 4. The third-order valence-corrected chi connectivity index (χ3v) is 6.22. The smallest absolute Gasteiger partial charge is 0.243 e. The van der Waals surface area contributed by atoms with Gasteiger partial charge in [0, 0.05) is 24.2 Å². The highest BCUT2D eigenvalue weighted by Gasteiger charge is 2.38. The molecular weight excluding hydrogens is 312 g/mol. The summed E-state index contributed by atoms with van der Waals surface area (Å²) in [5.74, 6) is 0.277. The zero-order valence-corrected chi connectivity index (χ0v) is 14.0. The van der Waals surface area contributed by atoms with Gasteiger partial charge in [0.1, 0.15) is 0 Å². The maximum atomic E-state index is 12.7. The van der Waals surface area contributed by atoms with E-state index in [4.69, 9.17) is 11.6 Å². The molecule has 1 saturated heterocycles. The average molecular weight is 333 g/mol. The van der Waals surface area contributed by atoms with Gasteiger partial charge in [-0.15, -0.1) is 0 Å². The molecule has 2 unspecified atom stereocenters. The molecule has 0 saturated carbocycles. The van der Waals surface area contributed by atoms with Crippen LogP contribution >= 0.6 is 11.6 Å². The number of halogens is 1. The summed E-state index contributed by atoms with van der Waals surface area (Å²) in [4.78, 5) is 2.24. The summed E-state index contributed by atoms with van der Waals surface area (Å²) in [5, 5.41) is 9.60. The lowest BCUT2D eigenvalue weighted by Gasteiger charge is -2.22. The van der Waals surface area contributed by atoms with Gasteiger partial charge < -0.3 is 10.0 Å². The summed E-state index contributed by atoms with van der Waals surface area (Å²) in [7, 11) is 0.373. The first-order valence-electron chi connectivity index (χ1n) is 6.83.